The molecule has 1 aromatic carbocycles. The first-order valence-electron chi connectivity index (χ1n) is 8.89. The summed E-state index contributed by atoms with van der Waals surface area (Å²) in [5.41, 5.74) is 7.37. The molecule has 3 N–H and O–H groups in total. The van der Waals surface area contributed by atoms with Gasteiger partial charge in [0.05, 0.1) is 6.04 Å². The molecule has 1 fully saturated rings. The van der Waals surface area contributed by atoms with E-state index in [9.17, 15) is 4.79 Å². The van der Waals surface area contributed by atoms with Crippen molar-refractivity contribution >= 4 is 18.3 Å². The van der Waals surface area contributed by atoms with E-state index < -0.39 is 0 Å². The van der Waals surface area contributed by atoms with E-state index in [1.165, 1.54) is 5.56 Å². The molecular formula is C19H32ClN3O. The van der Waals surface area contributed by atoms with Gasteiger partial charge in [-0.15, -0.1) is 12.4 Å². The minimum absolute atomic E-state index is 0. The Balaban J connectivity index is 0.00000288. The third kappa shape index (κ3) is 6.42. The molecular weight excluding hydrogens is 322 g/mol. The van der Waals surface area contributed by atoms with Gasteiger partial charge in [-0.05, 0) is 36.8 Å². The normalized spacial score (nSPS) is 20.2. The second kappa shape index (κ2) is 10.7. The average Bonchev–Trinajstić information content (AvgIpc) is 3.05. The Morgan fingerprint density at radius 2 is 2.08 bits per heavy atom. The minimum Gasteiger partial charge on any atom is -0.354 e. The van der Waals surface area contributed by atoms with Gasteiger partial charge in [0.1, 0.15) is 0 Å². The van der Waals surface area contributed by atoms with Crippen molar-refractivity contribution in [3.63, 3.8) is 0 Å². The molecule has 1 aliphatic heterocycles. The number of nitrogens with one attached hydrogen (secondary N) is 1. The van der Waals surface area contributed by atoms with Crippen LogP contribution in [0.25, 0.3) is 0 Å². The van der Waals surface area contributed by atoms with Crippen LogP contribution < -0.4 is 11.1 Å². The quantitative estimate of drug-likeness (QED) is 0.754. The number of benzene rings is 1. The van der Waals surface area contributed by atoms with Crippen molar-refractivity contribution in [3.05, 3.63) is 35.9 Å². The van der Waals surface area contributed by atoms with Gasteiger partial charge in [-0.2, -0.15) is 0 Å². The SMILES string of the molecule is CCC(C)C(N)C(=O)NCC1CCN(CCc2ccccc2)C1.Cl. The summed E-state index contributed by atoms with van der Waals surface area (Å²) in [6, 6.07) is 10.2. The van der Waals surface area contributed by atoms with Crippen molar-refractivity contribution < 1.29 is 4.79 Å². The number of amides is 1. The molecule has 4 nitrogen and oxygen atoms in total. The van der Waals surface area contributed by atoms with Crippen molar-refractivity contribution in [3.8, 4) is 0 Å². The fourth-order valence-electron chi connectivity index (χ4n) is 3.09. The summed E-state index contributed by atoms with van der Waals surface area (Å²) < 4.78 is 0. The van der Waals surface area contributed by atoms with E-state index in [-0.39, 0.29) is 30.3 Å². The number of rotatable bonds is 8. The highest BCUT2D eigenvalue weighted by Crippen LogP contribution is 2.16. The lowest BCUT2D eigenvalue weighted by atomic mass is 9.99. The van der Waals surface area contributed by atoms with Gasteiger partial charge in [-0.25, -0.2) is 0 Å². The van der Waals surface area contributed by atoms with Crippen LogP contribution in [0, 0.1) is 11.8 Å². The van der Waals surface area contributed by atoms with Gasteiger partial charge in [-0.1, -0.05) is 50.6 Å². The number of hydrogen-bond acceptors (Lipinski definition) is 3. The monoisotopic (exact) mass is 353 g/mol. The van der Waals surface area contributed by atoms with Gasteiger partial charge in [0, 0.05) is 19.6 Å². The first-order valence-corrected chi connectivity index (χ1v) is 8.89. The van der Waals surface area contributed by atoms with Gasteiger partial charge < -0.3 is 16.0 Å². The predicted molar refractivity (Wildman–Crippen MR) is 102 cm³/mol. The molecule has 1 aromatic rings. The molecule has 136 valence electrons. The maximum absolute atomic E-state index is 12.0. The third-order valence-corrected chi connectivity index (χ3v) is 5.05. The fraction of sp³-hybridized carbons (Fsp3) is 0.632. The Kier molecular flexibility index (Phi) is 9.34. The molecule has 1 heterocycles. The van der Waals surface area contributed by atoms with E-state index in [2.05, 4.69) is 47.5 Å². The predicted octanol–water partition coefficient (Wildman–Crippen LogP) is 2.46. The summed E-state index contributed by atoms with van der Waals surface area (Å²) in [7, 11) is 0. The van der Waals surface area contributed by atoms with Gasteiger partial charge in [0.25, 0.3) is 0 Å². The zero-order chi connectivity index (χ0) is 16.7. The summed E-state index contributed by atoms with van der Waals surface area (Å²) in [5.74, 6) is 0.793. The first-order chi connectivity index (χ1) is 11.1. The second-order valence-electron chi connectivity index (χ2n) is 6.85. The number of halogens is 1. The molecule has 0 bridgehead atoms. The van der Waals surface area contributed by atoms with Crippen LogP contribution in [0.4, 0.5) is 0 Å². The van der Waals surface area contributed by atoms with E-state index >= 15 is 0 Å². The highest BCUT2D eigenvalue weighted by atomic mass is 35.5. The molecule has 0 saturated carbocycles. The number of hydrogen-bond donors (Lipinski definition) is 2. The second-order valence-corrected chi connectivity index (χ2v) is 6.85. The van der Waals surface area contributed by atoms with Gasteiger partial charge in [0.2, 0.25) is 5.91 Å². The lowest BCUT2D eigenvalue weighted by Crippen LogP contribution is -2.46. The summed E-state index contributed by atoms with van der Waals surface area (Å²) >= 11 is 0. The number of nitrogens with zero attached hydrogens (tertiary/aromatic N) is 1. The van der Waals surface area contributed by atoms with E-state index in [1.807, 2.05) is 6.92 Å². The van der Waals surface area contributed by atoms with Crippen molar-refractivity contribution in [2.45, 2.75) is 39.2 Å². The van der Waals surface area contributed by atoms with Gasteiger partial charge in [-0.3, -0.25) is 4.79 Å². The Morgan fingerprint density at radius 1 is 1.38 bits per heavy atom. The van der Waals surface area contributed by atoms with Crippen LogP contribution in [0.5, 0.6) is 0 Å². The number of likely N-dealkylation sites (tertiary alicyclic amines) is 1. The molecule has 3 unspecified atom stereocenters. The molecule has 0 aromatic heterocycles. The maximum Gasteiger partial charge on any atom is 0.237 e. The molecule has 1 amide bonds. The third-order valence-electron chi connectivity index (χ3n) is 5.05. The van der Waals surface area contributed by atoms with Crippen molar-refractivity contribution in [2.24, 2.45) is 17.6 Å². The van der Waals surface area contributed by atoms with Crippen LogP contribution in [0.1, 0.15) is 32.3 Å². The van der Waals surface area contributed by atoms with E-state index in [0.717, 1.165) is 45.4 Å². The molecule has 1 saturated heterocycles. The Labute approximate surface area is 152 Å². The van der Waals surface area contributed by atoms with E-state index in [1.54, 1.807) is 0 Å². The smallest absolute Gasteiger partial charge is 0.237 e. The minimum atomic E-state index is -0.379. The molecule has 1 aliphatic rings. The summed E-state index contributed by atoms with van der Waals surface area (Å²) in [5, 5.41) is 3.04. The van der Waals surface area contributed by atoms with Crippen LogP contribution in [-0.2, 0) is 11.2 Å². The maximum atomic E-state index is 12.0. The van der Waals surface area contributed by atoms with Crippen LogP contribution in [-0.4, -0.2) is 43.0 Å². The number of nitrogens with two attached hydrogens (primary N) is 1. The Morgan fingerprint density at radius 3 is 2.75 bits per heavy atom. The summed E-state index contributed by atoms with van der Waals surface area (Å²) in [6.45, 7) is 8.16. The zero-order valence-corrected chi connectivity index (χ0v) is 15.7. The molecule has 2 rings (SSSR count). The van der Waals surface area contributed by atoms with Crippen LogP contribution in [0.3, 0.4) is 0 Å². The zero-order valence-electron chi connectivity index (χ0n) is 14.9. The summed E-state index contributed by atoms with van der Waals surface area (Å²) in [6.07, 6.45) is 3.19. The van der Waals surface area contributed by atoms with E-state index in [0.29, 0.717) is 5.92 Å². The first kappa shape index (κ1) is 20.9. The standard InChI is InChI=1S/C19H31N3O.ClH/c1-3-15(2)18(20)19(23)21-13-17-10-12-22(14-17)11-9-16-7-5-4-6-8-16;/h4-8,15,17-18H,3,9-14,20H2,1-2H3,(H,21,23);1H. The van der Waals surface area contributed by atoms with Crippen LogP contribution >= 0.6 is 12.4 Å². The van der Waals surface area contributed by atoms with Gasteiger partial charge >= 0.3 is 0 Å². The molecule has 24 heavy (non-hydrogen) atoms. The topological polar surface area (TPSA) is 58.4 Å². The Bertz CT molecular complexity index is 483. The molecule has 0 aliphatic carbocycles. The summed E-state index contributed by atoms with van der Waals surface area (Å²) in [4.78, 5) is 14.5. The fourth-order valence-corrected chi connectivity index (χ4v) is 3.09. The highest BCUT2D eigenvalue weighted by molar-refractivity contribution is 5.85. The van der Waals surface area contributed by atoms with Gasteiger partial charge in [0.15, 0.2) is 0 Å². The lowest BCUT2D eigenvalue weighted by molar-refractivity contribution is -0.123. The number of carbonyl (C=O) groups excluding carboxylic acids is 1. The molecule has 0 spiro atoms. The lowest BCUT2D eigenvalue weighted by Gasteiger charge is -2.20. The average molecular weight is 354 g/mol. The molecule has 0 radical (unpaired) electrons. The Hall–Kier alpha value is -1.10. The van der Waals surface area contributed by atoms with E-state index in [4.69, 9.17) is 5.73 Å². The van der Waals surface area contributed by atoms with Crippen molar-refractivity contribution in [2.75, 3.05) is 26.2 Å². The van der Waals surface area contributed by atoms with Crippen molar-refractivity contribution in [1.82, 2.24) is 10.2 Å². The largest absolute Gasteiger partial charge is 0.354 e. The number of carbonyl (C=O) groups is 1. The molecule has 3 atom stereocenters. The van der Waals surface area contributed by atoms with Crippen LogP contribution in [0.15, 0.2) is 30.3 Å². The van der Waals surface area contributed by atoms with Crippen LogP contribution in [0.2, 0.25) is 0 Å². The van der Waals surface area contributed by atoms with Crippen molar-refractivity contribution in [1.29, 1.82) is 0 Å². The highest BCUT2D eigenvalue weighted by Gasteiger charge is 2.24. The molecule has 5 heteroatoms.